The highest BCUT2D eigenvalue weighted by Crippen LogP contribution is 2.31. The molecule has 0 amide bonds. The Kier molecular flexibility index (Phi) is 7.80. The third-order valence-electron chi connectivity index (χ3n) is 5.35. The lowest BCUT2D eigenvalue weighted by atomic mass is 9.87. The van der Waals surface area contributed by atoms with Gasteiger partial charge in [-0.1, -0.05) is 77.0 Å². The number of hydrogen-bond donors (Lipinski definition) is 1. The van der Waals surface area contributed by atoms with Gasteiger partial charge in [0.1, 0.15) is 0 Å². The number of rotatable bonds is 10. The molecule has 1 N–H and O–H groups in total. The van der Waals surface area contributed by atoms with Crippen molar-refractivity contribution in [2.45, 2.75) is 89.7 Å². The fraction of sp³-hybridized carbons (Fsp3) is 0.714. The van der Waals surface area contributed by atoms with Crippen LogP contribution < -0.4 is 0 Å². The maximum Gasteiger partial charge on any atom is 0.0569 e. The standard InChI is InChI=1S/C21H35NOS/c1-3-5-7-8-9-11-18(10-6-4-2)20-13-12-19-14-15-24(22,23)17-21(19)16-20/h12-13,16,18,22H,3-11,14-15,17H2,1-2H3. The lowest BCUT2D eigenvalue weighted by molar-refractivity contribution is 0.504. The molecule has 0 radical (unpaired) electrons. The van der Waals surface area contributed by atoms with Gasteiger partial charge in [-0.25, -0.2) is 4.21 Å². The number of unbranched alkanes of at least 4 members (excludes halogenated alkanes) is 5. The first-order chi connectivity index (χ1) is 11.6. The van der Waals surface area contributed by atoms with Gasteiger partial charge in [0.05, 0.1) is 5.75 Å². The number of benzene rings is 1. The first-order valence-corrected chi connectivity index (χ1v) is 11.8. The third kappa shape index (κ3) is 5.91. The van der Waals surface area contributed by atoms with E-state index in [1.54, 1.807) is 0 Å². The van der Waals surface area contributed by atoms with Crippen LogP contribution in [0.25, 0.3) is 0 Å². The molecule has 0 bridgehead atoms. The van der Waals surface area contributed by atoms with E-state index >= 15 is 0 Å². The van der Waals surface area contributed by atoms with E-state index in [0.717, 1.165) is 6.42 Å². The molecule has 24 heavy (non-hydrogen) atoms. The van der Waals surface area contributed by atoms with Gasteiger partial charge in [-0.2, -0.15) is 0 Å². The van der Waals surface area contributed by atoms with Gasteiger partial charge in [-0.15, -0.1) is 0 Å². The second kappa shape index (κ2) is 9.60. The molecule has 0 aromatic heterocycles. The zero-order valence-corrected chi connectivity index (χ0v) is 16.4. The van der Waals surface area contributed by atoms with Crippen molar-refractivity contribution in [1.82, 2.24) is 0 Å². The Morgan fingerprint density at radius 2 is 1.71 bits per heavy atom. The number of fused-ring (bicyclic) bond motifs is 1. The van der Waals surface area contributed by atoms with Crippen LogP contribution in [0.3, 0.4) is 0 Å². The molecule has 2 unspecified atom stereocenters. The average molecular weight is 350 g/mol. The van der Waals surface area contributed by atoms with Crippen LogP contribution in [-0.4, -0.2) is 9.96 Å². The molecule has 1 aromatic carbocycles. The topological polar surface area (TPSA) is 40.9 Å². The van der Waals surface area contributed by atoms with Gasteiger partial charge in [0, 0.05) is 15.5 Å². The van der Waals surface area contributed by atoms with E-state index in [2.05, 4.69) is 32.0 Å². The van der Waals surface area contributed by atoms with Gasteiger partial charge < -0.3 is 0 Å². The molecular weight excluding hydrogens is 314 g/mol. The highest BCUT2D eigenvalue weighted by atomic mass is 32.2. The molecule has 2 nitrogen and oxygen atoms in total. The quantitative estimate of drug-likeness (QED) is 0.486. The predicted octanol–water partition coefficient (Wildman–Crippen LogP) is 6.42. The maximum atomic E-state index is 12.2. The third-order valence-corrected chi connectivity index (χ3v) is 6.99. The van der Waals surface area contributed by atoms with Gasteiger partial charge in [0.2, 0.25) is 0 Å². The van der Waals surface area contributed by atoms with Crippen LogP contribution in [0, 0.1) is 4.78 Å². The molecule has 1 aliphatic rings. The minimum absolute atomic E-state index is 0.465. The lowest BCUT2D eigenvalue weighted by Gasteiger charge is -2.23. The Morgan fingerprint density at radius 1 is 1.00 bits per heavy atom. The molecule has 136 valence electrons. The summed E-state index contributed by atoms with van der Waals surface area (Å²) in [7, 11) is -2.38. The summed E-state index contributed by atoms with van der Waals surface area (Å²) < 4.78 is 20.1. The SMILES string of the molecule is CCCCCCCC(CCCC)c1ccc2c(c1)CS(=N)(=O)CC2. The summed E-state index contributed by atoms with van der Waals surface area (Å²) >= 11 is 0. The van der Waals surface area contributed by atoms with Gasteiger partial charge in [-0.05, 0) is 41.9 Å². The summed E-state index contributed by atoms with van der Waals surface area (Å²) in [4.78, 5) is 0. The van der Waals surface area contributed by atoms with Crippen molar-refractivity contribution in [2.75, 3.05) is 5.75 Å². The van der Waals surface area contributed by atoms with Crippen LogP contribution in [-0.2, 0) is 21.9 Å². The molecule has 0 fully saturated rings. The molecule has 0 saturated heterocycles. The normalized spacial score (nSPS) is 21.4. The lowest BCUT2D eigenvalue weighted by Crippen LogP contribution is -2.18. The van der Waals surface area contributed by atoms with Crippen molar-refractivity contribution in [2.24, 2.45) is 0 Å². The molecule has 2 rings (SSSR count). The Bertz CT molecular complexity index is 606. The summed E-state index contributed by atoms with van der Waals surface area (Å²) in [5, 5.41) is 0. The highest BCUT2D eigenvalue weighted by molar-refractivity contribution is 7.91. The molecule has 3 heteroatoms. The molecule has 1 heterocycles. The van der Waals surface area contributed by atoms with Crippen LogP contribution in [0.4, 0.5) is 0 Å². The van der Waals surface area contributed by atoms with E-state index in [4.69, 9.17) is 4.78 Å². The van der Waals surface area contributed by atoms with Crippen molar-refractivity contribution in [3.8, 4) is 0 Å². The molecule has 0 aliphatic carbocycles. The summed E-state index contributed by atoms with van der Waals surface area (Å²) in [6, 6.07) is 6.84. The highest BCUT2D eigenvalue weighted by Gasteiger charge is 2.20. The van der Waals surface area contributed by atoms with Gasteiger partial charge >= 0.3 is 0 Å². The fourth-order valence-electron chi connectivity index (χ4n) is 3.80. The number of aryl methyl sites for hydroxylation is 1. The van der Waals surface area contributed by atoms with Crippen LogP contribution in [0.5, 0.6) is 0 Å². The summed E-state index contributed by atoms with van der Waals surface area (Å²) in [5.41, 5.74) is 3.93. The van der Waals surface area contributed by atoms with E-state index in [0.29, 0.717) is 17.4 Å². The number of nitrogens with one attached hydrogen (secondary N) is 1. The van der Waals surface area contributed by atoms with Crippen molar-refractivity contribution in [3.05, 3.63) is 34.9 Å². The Hall–Kier alpha value is -0.830. The molecule has 2 atom stereocenters. The summed E-state index contributed by atoms with van der Waals surface area (Å²) in [6.45, 7) is 4.53. The number of hydrogen-bond acceptors (Lipinski definition) is 2. The van der Waals surface area contributed by atoms with Crippen LogP contribution >= 0.6 is 0 Å². The second-order valence-electron chi connectivity index (χ2n) is 7.48. The zero-order chi connectivity index (χ0) is 17.4. The Morgan fingerprint density at radius 3 is 2.46 bits per heavy atom. The Balaban J connectivity index is 2.05. The van der Waals surface area contributed by atoms with E-state index in [-0.39, 0.29) is 0 Å². The second-order valence-corrected chi connectivity index (χ2v) is 9.80. The fourth-order valence-corrected chi connectivity index (χ4v) is 5.26. The van der Waals surface area contributed by atoms with Crippen molar-refractivity contribution < 1.29 is 4.21 Å². The first kappa shape index (κ1) is 19.5. The molecule has 0 saturated carbocycles. The monoisotopic (exact) mass is 349 g/mol. The van der Waals surface area contributed by atoms with Gasteiger partial charge in [0.25, 0.3) is 0 Å². The minimum atomic E-state index is -2.38. The van der Waals surface area contributed by atoms with E-state index in [1.807, 2.05) is 0 Å². The van der Waals surface area contributed by atoms with Crippen LogP contribution in [0.15, 0.2) is 18.2 Å². The molecule has 0 spiro atoms. The molecule has 1 aromatic rings. The minimum Gasteiger partial charge on any atom is -0.253 e. The predicted molar refractivity (Wildman–Crippen MR) is 105 cm³/mol. The van der Waals surface area contributed by atoms with Crippen LogP contribution in [0.1, 0.15) is 94.2 Å². The van der Waals surface area contributed by atoms with Crippen molar-refractivity contribution >= 4 is 9.73 Å². The van der Waals surface area contributed by atoms with E-state index in [9.17, 15) is 4.21 Å². The van der Waals surface area contributed by atoms with Crippen molar-refractivity contribution in [3.63, 3.8) is 0 Å². The van der Waals surface area contributed by atoms with Crippen molar-refractivity contribution in [1.29, 1.82) is 4.78 Å². The summed E-state index contributed by atoms with van der Waals surface area (Å²) in [5.74, 6) is 1.64. The zero-order valence-electron chi connectivity index (χ0n) is 15.6. The largest absolute Gasteiger partial charge is 0.253 e. The van der Waals surface area contributed by atoms with E-state index < -0.39 is 9.73 Å². The summed E-state index contributed by atoms with van der Waals surface area (Å²) in [6.07, 6.45) is 12.6. The van der Waals surface area contributed by atoms with Gasteiger partial charge in [0.15, 0.2) is 0 Å². The van der Waals surface area contributed by atoms with Crippen LogP contribution in [0.2, 0.25) is 0 Å². The van der Waals surface area contributed by atoms with E-state index in [1.165, 1.54) is 74.5 Å². The van der Waals surface area contributed by atoms with Gasteiger partial charge in [-0.3, -0.25) is 4.78 Å². The first-order valence-electron chi connectivity index (χ1n) is 9.91. The smallest absolute Gasteiger partial charge is 0.0569 e. The average Bonchev–Trinajstić information content (AvgIpc) is 2.56. The maximum absolute atomic E-state index is 12.2. The Labute approximate surface area is 149 Å². The molecule has 1 aliphatic heterocycles. The molecular formula is C21H35NOS.